The lowest BCUT2D eigenvalue weighted by Crippen LogP contribution is -2.34. The number of hydrogen-bond acceptors (Lipinski definition) is 9. The summed E-state index contributed by atoms with van der Waals surface area (Å²) in [6.45, 7) is 2.35. The van der Waals surface area contributed by atoms with Crippen molar-refractivity contribution in [3.8, 4) is 17.3 Å². The summed E-state index contributed by atoms with van der Waals surface area (Å²) in [6.07, 6.45) is -4.33. The van der Waals surface area contributed by atoms with E-state index in [0.29, 0.717) is 34.5 Å². The van der Waals surface area contributed by atoms with Gasteiger partial charge in [0, 0.05) is 24.3 Å². The van der Waals surface area contributed by atoms with Crippen LogP contribution >= 0.6 is 11.6 Å². The number of carbonyl (C=O) groups is 1. The zero-order chi connectivity index (χ0) is 29.3. The van der Waals surface area contributed by atoms with Crippen LogP contribution in [0, 0.1) is 0 Å². The number of aliphatic carboxylic acids is 1. The Morgan fingerprint density at radius 1 is 1.07 bits per heavy atom. The van der Waals surface area contributed by atoms with Crippen LogP contribution < -0.4 is 9.64 Å². The van der Waals surface area contributed by atoms with E-state index < -0.39 is 18.2 Å². The van der Waals surface area contributed by atoms with Crippen LogP contribution in [-0.4, -0.2) is 99.2 Å². The monoisotopic (exact) mass is 600 g/mol. The fourth-order valence-corrected chi connectivity index (χ4v) is 5.27. The topological polar surface area (TPSA) is 150 Å². The maximum absolute atomic E-state index is 10.6. The number of aromatic amines is 1. The van der Waals surface area contributed by atoms with E-state index in [4.69, 9.17) is 35.7 Å². The molecule has 3 aromatic rings. The lowest BCUT2D eigenvalue weighted by molar-refractivity contribution is -0.192. The van der Waals surface area contributed by atoms with E-state index >= 15 is 0 Å². The van der Waals surface area contributed by atoms with Crippen LogP contribution in [0.4, 0.5) is 18.9 Å². The first-order valence-corrected chi connectivity index (χ1v) is 13.3. The van der Waals surface area contributed by atoms with Crippen LogP contribution in [0.5, 0.6) is 6.01 Å². The first-order valence-electron chi connectivity index (χ1n) is 13.0. The number of pyridine rings is 1. The molecule has 3 aliphatic rings. The molecule has 1 unspecified atom stereocenters. The minimum absolute atomic E-state index is 0.207. The minimum atomic E-state index is -5.08. The summed E-state index contributed by atoms with van der Waals surface area (Å²) in [5, 5.41) is 27.5. The number of imidazole rings is 1. The average Bonchev–Trinajstić information content (AvgIpc) is 3.57. The largest absolute Gasteiger partial charge is 0.490 e. The first-order chi connectivity index (χ1) is 19.5. The molecule has 3 fully saturated rings. The lowest BCUT2D eigenvalue weighted by atomic mass is 10.1. The molecule has 0 bridgehead atoms. The summed E-state index contributed by atoms with van der Waals surface area (Å²) in [5.74, 6) is -2.76. The van der Waals surface area contributed by atoms with Gasteiger partial charge in [-0.1, -0.05) is 23.7 Å². The van der Waals surface area contributed by atoms with Crippen molar-refractivity contribution in [2.45, 2.75) is 56.0 Å². The fraction of sp³-hybridized carbons (Fsp3) is 0.500. The number of benzene rings is 1. The fourth-order valence-electron chi connectivity index (χ4n) is 5.01. The van der Waals surface area contributed by atoms with E-state index in [2.05, 4.69) is 32.0 Å². The number of nitrogens with zero attached hydrogens (tertiary/aromatic N) is 3. The van der Waals surface area contributed by atoms with Crippen LogP contribution in [0.15, 0.2) is 30.3 Å². The zero-order valence-corrected chi connectivity index (χ0v) is 22.3. The smallest absolute Gasteiger partial charge is 0.475 e. The van der Waals surface area contributed by atoms with Crippen molar-refractivity contribution in [1.29, 1.82) is 0 Å². The molecule has 1 aromatic carbocycles. The number of H-pyrrole nitrogens is 1. The molecule has 0 aliphatic carbocycles. The second kappa shape index (κ2) is 12.0. The Bertz CT molecular complexity index is 1370. The maximum atomic E-state index is 10.6. The third kappa shape index (κ3) is 6.67. The molecule has 11 nitrogen and oxygen atoms in total. The molecule has 0 spiro atoms. The van der Waals surface area contributed by atoms with Crippen molar-refractivity contribution < 1.29 is 47.5 Å². The molecule has 0 radical (unpaired) electrons. The number of carboxylic acid groups (broad SMARTS) is 1. The molecule has 2 aromatic heterocycles. The molecule has 3 aliphatic heterocycles. The first kappa shape index (κ1) is 29.3. The van der Waals surface area contributed by atoms with Gasteiger partial charge in [0.05, 0.1) is 35.6 Å². The van der Waals surface area contributed by atoms with Gasteiger partial charge < -0.3 is 39.4 Å². The maximum Gasteiger partial charge on any atom is 0.490 e. The van der Waals surface area contributed by atoms with Crippen molar-refractivity contribution in [1.82, 2.24) is 15.0 Å². The molecular weight excluding hydrogens is 573 g/mol. The number of halogens is 4. The Kier molecular flexibility index (Phi) is 8.57. The number of rotatable bonds is 4. The molecule has 5 atom stereocenters. The number of nitrogens with one attached hydrogen (secondary N) is 1. The van der Waals surface area contributed by atoms with E-state index in [1.807, 2.05) is 12.1 Å². The van der Waals surface area contributed by atoms with Crippen LogP contribution in [0.1, 0.15) is 19.3 Å². The van der Waals surface area contributed by atoms with Gasteiger partial charge >= 0.3 is 12.1 Å². The van der Waals surface area contributed by atoms with Gasteiger partial charge in [0.2, 0.25) is 0 Å². The van der Waals surface area contributed by atoms with Gasteiger partial charge in [-0.05, 0) is 37.5 Å². The Labute approximate surface area is 236 Å². The van der Waals surface area contributed by atoms with Crippen molar-refractivity contribution in [3.05, 3.63) is 35.4 Å². The number of alkyl halides is 3. The van der Waals surface area contributed by atoms with E-state index in [-0.39, 0.29) is 31.0 Å². The summed E-state index contributed by atoms with van der Waals surface area (Å²) >= 11 is 6.58. The molecule has 5 heterocycles. The molecule has 0 saturated carbocycles. The average molecular weight is 601 g/mol. The summed E-state index contributed by atoms with van der Waals surface area (Å²) in [7, 11) is 0. The van der Waals surface area contributed by atoms with E-state index in [9.17, 15) is 23.4 Å². The summed E-state index contributed by atoms with van der Waals surface area (Å²) in [5.41, 5.74) is 3.85. The van der Waals surface area contributed by atoms with Crippen LogP contribution in [0.3, 0.4) is 0 Å². The highest BCUT2D eigenvalue weighted by molar-refractivity contribution is 6.33. The van der Waals surface area contributed by atoms with E-state index in [0.717, 1.165) is 43.6 Å². The molecule has 15 heteroatoms. The Morgan fingerprint density at radius 3 is 2.49 bits per heavy atom. The van der Waals surface area contributed by atoms with Crippen LogP contribution in [0.25, 0.3) is 22.4 Å². The lowest BCUT2D eigenvalue weighted by Gasteiger charge is -2.22. The number of aromatic nitrogens is 3. The second-order valence-electron chi connectivity index (χ2n) is 9.97. The summed E-state index contributed by atoms with van der Waals surface area (Å²) < 4.78 is 48.9. The number of anilines is 1. The van der Waals surface area contributed by atoms with Crippen molar-refractivity contribution >= 4 is 34.4 Å². The number of hydrogen-bond donors (Lipinski definition) is 4. The molecule has 3 saturated heterocycles. The Morgan fingerprint density at radius 2 is 1.78 bits per heavy atom. The number of aliphatic hydroxyl groups excluding tert-OH is 2. The van der Waals surface area contributed by atoms with Crippen molar-refractivity contribution in [3.63, 3.8) is 0 Å². The van der Waals surface area contributed by atoms with Crippen LogP contribution in [-0.2, 0) is 14.3 Å². The van der Waals surface area contributed by atoms with Gasteiger partial charge in [-0.25, -0.2) is 9.78 Å². The highest BCUT2D eigenvalue weighted by Gasteiger charge is 2.48. The number of carboxylic acids is 1. The third-order valence-corrected chi connectivity index (χ3v) is 7.38. The molecule has 0 amide bonds. The Balaban J connectivity index is 0.000000431. The van der Waals surface area contributed by atoms with Gasteiger partial charge in [0.25, 0.3) is 6.01 Å². The second-order valence-corrected chi connectivity index (χ2v) is 10.4. The highest BCUT2D eigenvalue weighted by atomic mass is 35.5. The van der Waals surface area contributed by atoms with Gasteiger partial charge in [0.15, 0.2) is 11.8 Å². The van der Waals surface area contributed by atoms with Crippen molar-refractivity contribution in [2.75, 3.05) is 31.2 Å². The molecular formula is C26H28ClF3N4O7. The highest BCUT2D eigenvalue weighted by Crippen LogP contribution is 2.33. The summed E-state index contributed by atoms with van der Waals surface area (Å²) in [6, 6.07) is 10.3. The van der Waals surface area contributed by atoms with Gasteiger partial charge in [-0.2, -0.15) is 18.2 Å². The van der Waals surface area contributed by atoms with E-state index in [1.54, 1.807) is 6.07 Å². The van der Waals surface area contributed by atoms with Gasteiger partial charge in [-0.3, -0.25) is 0 Å². The zero-order valence-electron chi connectivity index (χ0n) is 21.6. The molecule has 222 valence electrons. The predicted molar refractivity (Wildman–Crippen MR) is 140 cm³/mol. The quantitative estimate of drug-likeness (QED) is 0.352. The molecule has 6 rings (SSSR count). The normalized spacial score (nSPS) is 26.3. The molecule has 41 heavy (non-hydrogen) atoms. The van der Waals surface area contributed by atoms with Crippen LogP contribution in [0.2, 0.25) is 5.02 Å². The molecule has 4 N–H and O–H groups in total. The van der Waals surface area contributed by atoms with Gasteiger partial charge in [-0.15, -0.1) is 0 Å². The van der Waals surface area contributed by atoms with E-state index in [1.165, 1.54) is 0 Å². The number of aliphatic hydroxyl groups is 2. The summed E-state index contributed by atoms with van der Waals surface area (Å²) in [4.78, 5) is 23.5. The van der Waals surface area contributed by atoms with Crippen molar-refractivity contribution in [2.24, 2.45) is 0 Å². The third-order valence-electron chi connectivity index (χ3n) is 7.10. The number of ether oxygens (including phenoxy) is 3. The standard InChI is InChI=1S/C24H27ClN4O5.C2HF3O2/c25-16-10-17-23(28-24(26-17)34-19-12-33-21-18(31)11-32-22(19)21)27-20(16)13-3-5-14(6-4-13)29-8-1-2-15(30)7-9-29;3-2(4,5)1(6)7/h3-6,10,15,18-19,21-22,30-31H,1-2,7-9,11-12H2,(H,26,27,28);(H,6,7)/t15?,18-,19-,21-,22-;/m1./s1. The Hall–Kier alpha value is -3.17. The SMILES string of the molecule is O=C(O)C(F)(F)F.OC1CCCN(c2ccc(-c3nc4nc(O[C@@H]5CO[C@H]6[C@@H]5OC[C@H]6O)[nH]c4cc3Cl)cc2)CC1. The number of fused-ring (bicyclic) bond motifs is 2. The minimum Gasteiger partial charge on any atom is -0.475 e. The van der Waals surface area contributed by atoms with Gasteiger partial charge in [0.1, 0.15) is 18.3 Å². The predicted octanol–water partition coefficient (Wildman–Crippen LogP) is 3.17.